The van der Waals surface area contributed by atoms with Gasteiger partial charge in [0.1, 0.15) is 5.82 Å². The van der Waals surface area contributed by atoms with Crippen LogP contribution in [0.2, 0.25) is 0 Å². The second-order valence-electron chi connectivity index (χ2n) is 4.41. The van der Waals surface area contributed by atoms with E-state index in [-0.39, 0.29) is 24.7 Å². The molecule has 3 rings (SSSR count). The van der Waals surface area contributed by atoms with Gasteiger partial charge < -0.3 is 5.21 Å². The van der Waals surface area contributed by atoms with Crippen molar-refractivity contribution in [2.75, 3.05) is 0 Å². The highest BCUT2D eigenvalue weighted by Crippen LogP contribution is 2.31. The molecule has 0 saturated heterocycles. The fourth-order valence-corrected chi connectivity index (χ4v) is 2.28. The van der Waals surface area contributed by atoms with Crippen LogP contribution < -0.4 is 0 Å². The lowest BCUT2D eigenvalue weighted by molar-refractivity contribution is -0.0995. The van der Waals surface area contributed by atoms with Crippen LogP contribution in [0.25, 0.3) is 11.6 Å². The van der Waals surface area contributed by atoms with E-state index in [1.807, 2.05) is 0 Å². The predicted octanol–water partition coefficient (Wildman–Crippen LogP) is 1.09. The van der Waals surface area contributed by atoms with E-state index in [0.717, 1.165) is 9.63 Å². The Morgan fingerprint density at radius 3 is 2.53 bits per heavy atom. The molecule has 0 aromatic carbocycles. The van der Waals surface area contributed by atoms with Crippen molar-refractivity contribution in [3.63, 3.8) is 0 Å². The summed E-state index contributed by atoms with van der Waals surface area (Å²) in [5, 5.41) is 14.3. The van der Waals surface area contributed by atoms with E-state index in [4.69, 9.17) is 0 Å². The quantitative estimate of drug-likeness (QED) is 0.884. The molecule has 1 aliphatic rings. The molecule has 19 heavy (non-hydrogen) atoms. The van der Waals surface area contributed by atoms with Crippen molar-refractivity contribution in [3.05, 3.63) is 17.2 Å². The van der Waals surface area contributed by atoms with E-state index >= 15 is 0 Å². The lowest BCUT2D eigenvalue weighted by atomic mass is 10.4. The first-order chi connectivity index (χ1) is 8.97. The number of halogens is 2. The fraction of sp³-hybridized carbons (Fsp3) is 0.500. The van der Waals surface area contributed by atoms with E-state index in [2.05, 4.69) is 15.1 Å². The number of rotatable bonds is 2. The highest BCUT2D eigenvalue weighted by Gasteiger charge is 2.31. The number of aromatic nitrogens is 5. The second kappa shape index (κ2) is 4.07. The van der Waals surface area contributed by atoms with Gasteiger partial charge in [0.2, 0.25) is 0 Å². The van der Waals surface area contributed by atoms with E-state index < -0.39 is 6.55 Å². The van der Waals surface area contributed by atoms with Gasteiger partial charge in [-0.3, -0.25) is 4.57 Å². The maximum Gasteiger partial charge on any atom is 0.320 e. The number of alkyl halides is 2. The molecule has 0 bridgehead atoms. The van der Waals surface area contributed by atoms with Gasteiger partial charge in [-0.15, -0.1) is 0 Å². The summed E-state index contributed by atoms with van der Waals surface area (Å²) in [5.74, 6) is 0.859. The van der Waals surface area contributed by atoms with Gasteiger partial charge in [-0.05, 0) is 6.92 Å². The lowest BCUT2D eigenvalue weighted by Gasteiger charge is -2.10. The summed E-state index contributed by atoms with van der Waals surface area (Å²) in [6.45, 7) is -0.889. The topological polar surface area (TPSA) is 72.0 Å². The van der Waals surface area contributed by atoms with Crippen LogP contribution >= 0.6 is 0 Å². The van der Waals surface area contributed by atoms with Crippen LogP contribution in [-0.4, -0.2) is 34.6 Å². The zero-order valence-electron chi connectivity index (χ0n) is 10.4. The van der Waals surface area contributed by atoms with Crippen LogP contribution in [0.15, 0.2) is 0 Å². The second-order valence-corrected chi connectivity index (χ2v) is 4.41. The fourth-order valence-electron chi connectivity index (χ4n) is 2.28. The summed E-state index contributed by atoms with van der Waals surface area (Å²) in [6.07, 6.45) is 0. The number of aryl methyl sites for hydroxylation is 2. The maximum atomic E-state index is 13.2. The van der Waals surface area contributed by atoms with Crippen molar-refractivity contribution in [2.24, 2.45) is 7.05 Å². The molecule has 0 fully saturated rings. The van der Waals surface area contributed by atoms with Crippen molar-refractivity contribution in [2.45, 2.75) is 26.6 Å². The van der Waals surface area contributed by atoms with Crippen molar-refractivity contribution < 1.29 is 14.0 Å². The normalized spacial score (nSPS) is 15.5. The van der Waals surface area contributed by atoms with E-state index in [1.54, 1.807) is 14.0 Å². The summed E-state index contributed by atoms with van der Waals surface area (Å²) < 4.78 is 28.7. The Balaban J connectivity index is 2.18. The van der Waals surface area contributed by atoms with Gasteiger partial charge in [-0.25, -0.2) is 14.6 Å². The van der Waals surface area contributed by atoms with E-state index in [1.165, 1.54) is 4.68 Å². The predicted molar refractivity (Wildman–Crippen MR) is 59.2 cm³/mol. The van der Waals surface area contributed by atoms with Crippen LogP contribution in [0, 0.1) is 6.92 Å². The molecular weight excluding hydrogens is 258 g/mol. The SMILES string of the molecule is Cc1nc(-c2nc3c(n2C(F)F)CN(O)C3)n(C)n1. The average molecular weight is 270 g/mol. The molecular formula is C10H12F2N6O. The van der Waals surface area contributed by atoms with Crippen LogP contribution in [0.1, 0.15) is 23.8 Å². The summed E-state index contributed by atoms with van der Waals surface area (Å²) in [5.41, 5.74) is 0.756. The van der Waals surface area contributed by atoms with Crippen molar-refractivity contribution in [3.8, 4) is 11.6 Å². The molecule has 0 atom stereocenters. The Morgan fingerprint density at radius 2 is 1.95 bits per heavy atom. The van der Waals surface area contributed by atoms with Gasteiger partial charge >= 0.3 is 6.55 Å². The first kappa shape index (κ1) is 12.2. The molecule has 0 aliphatic carbocycles. The van der Waals surface area contributed by atoms with Gasteiger partial charge in [0.25, 0.3) is 0 Å². The molecule has 3 heterocycles. The largest absolute Gasteiger partial charge is 0.320 e. The molecule has 0 radical (unpaired) electrons. The van der Waals surface area contributed by atoms with Gasteiger partial charge in [-0.2, -0.15) is 18.9 Å². The van der Waals surface area contributed by atoms with Crippen LogP contribution in [0.4, 0.5) is 8.78 Å². The minimum Gasteiger partial charge on any atom is -0.313 e. The summed E-state index contributed by atoms with van der Waals surface area (Å²) in [7, 11) is 1.63. The minimum absolute atomic E-state index is 0.0313. The first-order valence-corrected chi connectivity index (χ1v) is 5.67. The molecule has 7 nitrogen and oxygen atoms in total. The standard InChI is InChI=1S/C10H12F2N6O/c1-5-13-8(16(2)15-5)9-14-6-3-17(19)4-7(6)18(9)10(11)12/h10,19H,3-4H2,1-2H3. The van der Waals surface area contributed by atoms with Gasteiger partial charge in [0.15, 0.2) is 11.6 Å². The van der Waals surface area contributed by atoms with Crippen molar-refractivity contribution >= 4 is 0 Å². The molecule has 0 saturated carbocycles. The number of hydroxylamine groups is 2. The molecule has 0 amide bonds. The molecule has 102 valence electrons. The van der Waals surface area contributed by atoms with Gasteiger partial charge in [-0.1, -0.05) is 0 Å². The maximum absolute atomic E-state index is 13.2. The molecule has 0 unspecified atom stereocenters. The first-order valence-electron chi connectivity index (χ1n) is 5.67. The Kier molecular flexibility index (Phi) is 2.61. The van der Waals surface area contributed by atoms with E-state index in [0.29, 0.717) is 17.2 Å². The average Bonchev–Trinajstić information content (AvgIpc) is 2.89. The van der Waals surface area contributed by atoms with Crippen LogP contribution in [0.3, 0.4) is 0 Å². The lowest BCUT2D eigenvalue weighted by Crippen LogP contribution is -2.14. The number of fused-ring (bicyclic) bond motifs is 1. The summed E-state index contributed by atoms with van der Waals surface area (Å²) >= 11 is 0. The molecule has 2 aromatic heterocycles. The summed E-state index contributed by atoms with van der Waals surface area (Å²) in [4.78, 5) is 8.28. The Labute approximate surface area is 107 Å². The third-order valence-electron chi connectivity index (χ3n) is 3.02. The minimum atomic E-state index is -2.74. The van der Waals surface area contributed by atoms with Crippen LogP contribution in [-0.2, 0) is 20.1 Å². The highest BCUT2D eigenvalue weighted by molar-refractivity contribution is 5.48. The van der Waals surface area contributed by atoms with Crippen LogP contribution in [0.5, 0.6) is 0 Å². The highest BCUT2D eigenvalue weighted by atomic mass is 19.3. The van der Waals surface area contributed by atoms with Gasteiger partial charge in [0, 0.05) is 7.05 Å². The third-order valence-corrected chi connectivity index (χ3v) is 3.02. The molecule has 1 aliphatic heterocycles. The van der Waals surface area contributed by atoms with Gasteiger partial charge in [0.05, 0.1) is 24.5 Å². The Bertz CT molecular complexity index is 634. The number of nitrogens with zero attached hydrogens (tertiary/aromatic N) is 6. The third kappa shape index (κ3) is 1.81. The molecule has 9 heteroatoms. The monoisotopic (exact) mass is 270 g/mol. The number of imidazole rings is 1. The molecule has 1 N–H and O–H groups in total. The number of hydrogen-bond donors (Lipinski definition) is 1. The molecule has 2 aromatic rings. The smallest absolute Gasteiger partial charge is 0.313 e. The van der Waals surface area contributed by atoms with Crippen molar-refractivity contribution in [1.82, 2.24) is 29.4 Å². The van der Waals surface area contributed by atoms with Crippen molar-refractivity contribution in [1.29, 1.82) is 0 Å². The van der Waals surface area contributed by atoms with E-state index in [9.17, 15) is 14.0 Å². The molecule has 0 spiro atoms. The Morgan fingerprint density at radius 1 is 1.21 bits per heavy atom. The zero-order chi connectivity index (χ0) is 13.7. The Hall–Kier alpha value is -1.87. The number of hydrogen-bond acceptors (Lipinski definition) is 5. The summed E-state index contributed by atoms with van der Waals surface area (Å²) in [6, 6.07) is 0. The zero-order valence-corrected chi connectivity index (χ0v) is 10.4.